The van der Waals surface area contributed by atoms with Gasteiger partial charge in [-0.25, -0.2) is 0 Å². The molecular weight excluding hydrogens is 330 g/mol. The number of benzene rings is 1. The van der Waals surface area contributed by atoms with Crippen molar-refractivity contribution in [2.45, 2.75) is 25.8 Å². The minimum atomic E-state index is 0.0863. The summed E-state index contributed by atoms with van der Waals surface area (Å²) in [5, 5.41) is 2.91. The summed E-state index contributed by atoms with van der Waals surface area (Å²) in [5.41, 5.74) is 6.73. The molecule has 1 saturated heterocycles. The van der Waals surface area contributed by atoms with Crippen molar-refractivity contribution >= 4 is 21.8 Å². The van der Waals surface area contributed by atoms with Gasteiger partial charge in [-0.2, -0.15) is 0 Å². The lowest BCUT2D eigenvalue weighted by Gasteiger charge is -2.36. The van der Waals surface area contributed by atoms with Crippen LogP contribution in [0.15, 0.2) is 28.7 Å². The number of likely N-dealkylation sites (tertiary alicyclic amines) is 1. The van der Waals surface area contributed by atoms with Gasteiger partial charge in [0.05, 0.1) is 5.92 Å². The first-order chi connectivity index (χ1) is 10.1. The van der Waals surface area contributed by atoms with E-state index in [1.807, 2.05) is 0 Å². The third kappa shape index (κ3) is 4.53. The molecule has 0 radical (unpaired) electrons. The summed E-state index contributed by atoms with van der Waals surface area (Å²) in [7, 11) is 0. The van der Waals surface area contributed by atoms with Gasteiger partial charge in [-0.1, -0.05) is 28.1 Å². The maximum absolute atomic E-state index is 12.1. The smallest absolute Gasteiger partial charge is 0.224 e. The third-order valence-electron chi connectivity index (χ3n) is 4.17. The Morgan fingerprint density at radius 2 is 2.19 bits per heavy atom. The molecule has 1 aromatic carbocycles. The van der Waals surface area contributed by atoms with Gasteiger partial charge in [-0.3, -0.25) is 9.69 Å². The van der Waals surface area contributed by atoms with Crippen molar-refractivity contribution in [3.05, 3.63) is 34.3 Å². The summed E-state index contributed by atoms with van der Waals surface area (Å²) in [6.45, 7) is 5.16. The van der Waals surface area contributed by atoms with Crippen LogP contribution >= 0.6 is 15.9 Å². The molecule has 1 aromatic rings. The second-order valence-electron chi connectivity index (χ2n) is 5.64. The number of nitrogens with one attached hydrogen (secondary N) is 1. The van der Waals surface area contributed by atoms with Crippen molar-refractivity contribution in [2.24, 2.45) is 11.7 Å². The van der Waals surface area contributed by atoms with Gasteiger partial charge < -0.3 is 11.1 Å². The molecule has 1 aliphatic heterocycles. The Kier molecular flexibility index (Phi) is 6.21. The topological polar surface area (TPSA) is 58.4 Å². The van der Waals surface area contributed by atoms with Crippen molar-refractivity contribution < 1.29 is 4.79 Å². The van der Waals surface area contributed by atoms with Crippen LogP contribution < -0.4 is 11.1 Å². The minimum Gasteiger partial charge on any atom is -0.355 e. The highest BCUT2D eigenvalue weighted by Gasteiger charge is 2.28. The van der Waals surface area contributed by atoms with Gasteiger partial charge in [-0.05, 0) is 44.0 Å². The summed E-state index contributed by atoms with van der Waals surface area (Å²) in [5.74, 6) is 0.233. The zero-order chi connectivity index (χ0) is 15.2. The Hall–Kier alpha value is -0.910. The number of piperidine rings is 1. The van der Waals surface area contributed by atoms with Crippen LogP contribution in [0.5, 0.6) is 0 Å². The van der Waals surface area contributed by atoms with Crippen molar-refractivity contribution in [1.29, 1.82) is 0 Å². The van der Waals surface area contributed by atoms with E-state index in [2.05, 4.69) is 57.3 Å². The summed E-state index contributed by atoms with van der Waals surface area (Å²) in [6.07, 6.45) is 2.04. The number of rotatable bonds is 5. The van der Waals surface area contributed by atoms with Crippen LogP contribution in [-0.4, -0.2) is 37.0 Å². The van der Waals surface area contributed by atoms with Crippen molar-refractivity contribution in [2.75, 3.05) is 26.2 Å². The van der Waals surface area contributed by atoms with E-state index in [9.17, 15) is 4.79 Å². The predicted molar refractivity (Wildman–Crippen MR) is 88.9 cm³/mol. The Labute approximate surface area is 135 Å². The molecule has 5 heteroatoms. The van der Waals surface area contributed by atoms with Gasteiger partial charge in [0.25, 0.3) is 0 Å². The van der Waals surface area contributed by atoms with Crippen molar-refractivity contribution in [3.8, 4) is 0 Å². The van der Waals surface area contributed by atoms with Crippen molar-refractivity contribution in [3.63, 3.8) is 0 Å². The fourth-order valence-corrected chi connectivity index (χ4v) is 3.13. The Morgan fingerprint density at radius 3 is 2.86 bits per heavy atom. The Morgan fingerprint density at radius 1 is 1.48 bits per heavy atom. The molecule has 0 spiro atoms. The number of nitrogens with zero attached hydrogens (tertiary/aromatic N) is 1. The highest BCUT2D eigenvalue weighted by atomic mass is 79.9. The highest BCUT2D eigenvalue weighted by Crippen LogP contribution is 2.27. The van der Waals surface area contributed by atoms with Crippen LogP contribution in [0.2, 0.25) is 0 Å². The zero-order valence-corrected chi connectivity index (χ0v) is 14.1. The molecule has 116 valence electrons. The van der Waals surface area contributed by atoms with Gasteiger partial charge in [0.15, 0.2) is 0 Å². The van der Waals surface area contributed by atoms with E-state index < -0.39 is 0 Å². The maximum atomic E-state index is 12.1. The summed E-state index contributed by atoms with van der Waals surface area (Å²) in [6, 6.07) is 8.77. The van der Waals surface area contributed by atoms with Gasteiger partial charge in [0, 0.05) is 30.1 Å². The number of halogens is 1. The second kappa shape index (κ2) is 7.92. The number of amides is 1. The monoisotopic (exact) mass is 353 g/mol. The average molecular weight is 354 g/mol. The van der Waals surface area contributed by atoms with Crippen molar-refractivity contribution in [1.82, 2.24) is 10.2 Å². The average Bonchev–Trinajstić information content (AvgIpc) is 2.52. The fourth-order valence-electron chi connectivity index (χ4n) is 2.86. The Bertz CT molecular complexity index is 463. The number of carbonyl (C=O) groups is 1. The van der Waals surface area contributed by atoms with Gasteiger partial charge in [0.2, 0.25) is 5.91 Å². The first-order valence-corrected chi connectivity index (χ1v) is 8.38. The lowest BCUT2D eigenvalue weighted by Crippen LogP contribution is -2.44. The summed E-state index contributed by atoms with van der Waals surface area (Å²) < 4.78 is 1.09. The molecule has 0 aromatic heterocycles. The highest BCUT2D eigenvalue weighted by molar-refractivity contribution is 9.10. The first-order valence-electron chi connectivity index (χ1n) is 7.59. The lowest BCUT2D eigenvalue weighted by atomic mass is 9.94. The van der Waals surface area contributed by atoms with E-state index in [1.54, 1.807) is 0 Å². The maximum Gasteiger partial charge on any atom is 0.224 e. The van der Waals surface area contributed by atoms with E-state index in [-0.39, 0.29) is 11.8 Å². The van der Waals surface area contributed by atoms with E-state index in [0.29, 0.717) is 19.1 Å². The molecule has 3 N–H and O–H groups in total. The van der Waals surface area contributed by atoms with Crippen LogP contribution in [0, 0.1) is 5.92 Å². The van der Waals surface area contributed by atoms with Crippen LogP contribution in [0.3, 0.4) is 0 Å². The molecule has 0 bridgehead atoms. The quantitative estimate of drug-likeness (QED) is 0.853. The van der Waals surface area contributed by atoms with Gasteiger partial charge in [-0.15, -0.1) is 0 Å². The molecule has 1 fully saturated rings. The normalized spacial score (nSPS) is 21.0. The molecule has 0 saturated carbocycles. The number of nitrogens with two attached hydrogens (primary N) is 1. The predicted octanol–water partition coefficient (Wildman–Crippen LogP) is 2.30. The molecule has 21 heavy (non-hydrogen) atoms. The molecule has 1 heterocycles. The Balaban J connectivity index is 1.96. The van der Waals surface area contributed by atoms with E-state index in [1.165, 1.54) is 5.56 Å². The van der Waals surface area contributed by atoms with Crippen LogP contribution in [0.4, 0.5) is 0 Å². The number of carbonyl (C=O) groups excluding carboxylic acids is 1. The fraction of sp³-hybridized carbons (Fsp3) is 0.562. The molecular formula is C16H24BrN3O. The molecule has 2 rings (SSSR count). The second-order valence-corrected chi connectivity index (χ2v) is 6.56. The van der Waals surface area contributed by atoms with Crippen LogP contribution in [0.1, 0.15) is 31.4 Å². The van der Waals surface area contributed by atoms with Crippen LogP contribution in [0.25, 0.3) is 0 Å². The SMILES string of the molecule is CC(c1ccc(Br)cc1)N1CCCC(C(=O)NCCN)C1. The molecule has 2 atom stereocenters. The third-order valence-corrected chi connectivity index (χ3v) is 4.70. The molecule has 4 nitrogen and oxygen atoms in total. The molecule has 1 amide bonds. The van der Waals surface area contributed by atoms with E-state index in [0.717, 1.165) is 30.4 Å². The summed E-state index contributed by atoms with van der Waals surface area (Å²) >= 11 is 3.47. The number of hydrogen-bond donors (Lipinski definition) is 2. The molecule has 0 aliphatic carbocycles. The minimum absolute atomic E-state index is 0.0863. The van der Waals surface area contributed by atoms with E-state index in [4.69, 9.17) is 5.73 Å². The zero-order valence-electron chi connectivity index (χ0n) is 12.5. The van der Waals surface area contributed by atoms with Gasteiger partial charge in [0.1, 0.15) is 0 Å². The first kappa shape index (κ1) is 16.5. The standard InChI is InChI=1S/C16H24BrN3O/c1-12(13-4-6-15(17)7-5-13)20-10-2-3-14(11-20)16(21)19-9-8-18/h4-7,12,14H,2-3,8-11,18H2,1H3,(H,19,21). The summed E-state index contributed by atoms with van der Waals surface area (Å²) in [4.78, 5) is 14.5. The van der Waals surface area contributed by atoms with Crippen LogP contribution in [-0.2, 0) is 4.79 Å². The lowest BCUT2D eigenvalue weighted by molar-refractivity contribution is -0.126. The van der Waals surface area contributed by atoms with Gasteiger partial charge >= 0.3 is 0 Å². The number of hydrogen-bond acceptors (Lipinski definition) is 3. The largest absolute Gasteiger partial charge is 0.355 e. The molecule has 1 aliphatic rings. The molecule has 2 unspecified atom stereocenters. The van der Waals surface area contributed by atoms with E-state index >= 15 is 0 Å².